The van der Waals surface area contributed by atoms with Crippen LogP contribution in [0.1, 0.15) is 33.1 Å². The molecule has 0 bridgehead atoms. The molecule has 2 fully saturated rings. The minimum atomic E-state index is -0.0243. The third kappa shape index (κ3) is 2.99. The van der Waals surface area contributed by atoms with Gasteiger partial charge in [-0.3, -0.25) is 4.79 Å². The first-order valence-corrected chi connectivity index (χ1v) is 6.57. The van der Waals surface area contributed by atoms with Crippen LogP contribution in [-0.2, 0) is 9.53 Å². The SMILES string of the molecule is CNC1COCC1C(=O)NC1CCC(C)(C)C1. The molecule has 98 valence electrons. The van der Waals surface area contributed by atoms with Crippen molar-refractivity contribution in [1.82, 2.24) is 10.6 Å². The van der Waals surface area contributed by atoms with E-state index in [2.05, 4.69) is 24.5 Å². The Bertz CT molecular complexity index is 291. The van der Waals surface area contributed by atoms with Gasteiger partial charge in [0.1, 0.15) is 0 Å². The van der Waals surface area contributed by atoms with Crippen molar-refractivity contribution >= 4 is 5.91 Å². The van der Waals surface area contributed by atoms with Gasteiger partial charge in [0.25, 0.3) is 0 Å². The van der Waals surface area contributed by atoms with E-state index in [1.807, 2.05) is 7.05 Å². The molecule has 1 heterocycles. The van der Waals surface area contributed by atoms with Crippen LogP contribution in [0.25, 0.3) is 0 Å². The first-order valence-electron chi connectivity index (χ1n) is 6.57. The molecular formula is C13H24N2O2. The summed E-state index contributed by atoms with van der Waals surface area (Å²) in [4.78, 5) is 12.2. The highest BCUT2D eigenvalue weighted by Crippen LogP contribution is 2.37. The minimum Gasteiger partial charge on any atom is -0.379 e. The van der Waals surface area contributed by atoms with E-state index in [0.29, 0.717) is 24.7 Å². The van der Waals surface area contributed by atoms with Gasteiger partial charge >= 0.3 is 0 Å². The molecule has 3 unspecified atom stereocenters. The van der Waals surface area contributed by atoms with Crippen LogP contribution in [-0.4, -0.2) is 38.3 Å². The van der Waals surface area contributed by atoms with Crippen LogP contribution in [0.15, 0.2) is 0 Å². The van der Waals surface area contributed by atoms with Crippen molar-refractivity contribution in [2.45, 2.75) is 45.2 Å². The van der Waals surface area contributed by atoms with Crippen LogP contribution in [0, 0.1) is 11.3 Å². The van der Waals surface area contributed by atoms with Crippen LogP contribution in [0.5, 0.6) is 0 Å². The molecule has 1 saturated heterocycles. The molecule has 1 aliphatic heterocycles. The fourth-order valence-electron chi connectivity index (χ4n) is 2.96. The summed E-state index contributed by atoms with van der Waals surface area (Å²) in [6, 6.07) is 0.528. The molecule has 0 radical (unpaired) electrons. The number of rotatable bonds is 3. The minimum absolute atomic E-state index is 0.0243. The summed E-state index contributed by atoms with van der Waals surface area (Å²) in [5, 5.41) is 6.33. The van der Waals surface area contributed by atoms with Gasteiger partial charge in [-0.1, -0.05) is 13.8 Å². The molecule has 4 nitrogen and oxygen atoms in total. The molecule has 17 heavy (non-hydrogen) atoms. The smallest absolute Gasteiger partial charge is 0.227 e. The maximum absolute atomic E-state index is 12.2. The third-order valence-corrected chi connectivity index (χ3v) is 4.10. The first kappa shape index (κ1) is 12.8. The van der Waals surface area contributed by atoms with E-state index in [1.54, 1.807) is 0 Å². The molecule has 0 aromatic rings. The molecule has 1 amide bonds. The van der Waals surface area contributed by atoms with Crippen molar-refractivity contribution in [2.75, 3.05) is 20.3 Å². The lowest BCUT2D eigenvalue weighted by atomic mass is 9.91. The maximum atomic E-state index is 12.2. The Morgan fingerprint density at radius 2 is 2.12 bits per heavy atom. The van der Waals surface area contributed by atoms with Crippen LogP contribution in [0.2, 0.25) is 0 Å². The second kappa shape index (κ2) is 4.94. The highest BCUT2D eigenvalue weighted by atomic mass is 16.5. The Labute approximate surface area is 103 Å². The maximum Gasteiger partial charge on any atom is 0.227 e. The number of amides is 1. The van der Waals surface area contributed by atoms with Gasteiger partial charge in [0, 0.05) is 12.1 Å². The van der Waals surface area contributed by atoms with Crippen LogP contribution in [0.4, 0.5) is 0 Å². The third-order valence-electron chi connectivity index (χ3n) is 4.10. The van der Waals surface area contributed by atoms with E-state index in [1.165, 1.54) is 6.42 Å². The quantitative estimate of drug-likeness (QED) is 0.771. The van der Waals surface area contributed by atoms with Crippen LogP contribution >= 0.6 is 0 Å². The molecule has 3 atom stereocenters. The van der Waals surface area contributed by atoms with Gasteiger partial charge in [0.2, 0.25) is 5.91 Å². The molecule has 0 spiro atoms. The topological polar surface area (TPSA) is 50.4 Å². The summed E-state index contributed by atoms with van der Waals surface area (Å²) in [6.07, 6.45) is 3.40. The van der Waals surface area contributed by atoms with Gasteiger partial charge in [-0.2, -0.15) is 0 Å². The van der Waals surface area contributed by atoms with E-state index >= 15 is 0 Å². The lowest BCUT2D eigenvalue weighted by Gasteiger charge is -2.21. The average molecular weight is 240 g/mol. The van der Waals surface area contributed by atoms with E-state index in [9.17, 15) is 4.79 Å². The second-order valence-electron chi connectivity index (χ2n) is 6.15. The lowest BCUT2D eigenvalue weighted by Crippen LogP contribution is -2.45. The van der Waals surface area contributed by atoms with E-state index in [0.717, 1.165) is 12.8 Å². The van der Waals surface area contributed by atoms with E-state index < -0.39 is 0 Å². The van der Waals surface area contributed by atoms with Crippen molar-refractivity contribution in [2.24, 2.45) is 11.3 Å². The first-order chi connectivity index (χ1) is 8.02. The summed E-state index contributed by atoms with van der Waals surface area (Å²) in [5.41, 5.74) is 0.381. The summed E-state index contributed by atoms with van der Waals surface area (Å²) < 4.78 is 5.36. The number of ether oxygens (including phenoxy) is 1. The number of hydrogen-bond acceptors (Lipinski definition) is 3. The zero-order valence-corrected chi connectivity index (χ0v) is 11.1. The van der Waals surface area contributed by atoms with Crippen LogP contribution < -0.4 is 10.6 Å². The Balaban J connectivity index is 1.85. The van der Waals surface area contributed by atoms with Gasteiger partial charge in [-0.25, -0.2) is 0 Å². The highest BCUT2D eigenvalue weighted by molar-refractivity contribution is 5.80. The Morgan fingerprint density at radius 3 is 2.71 bits per heavy atom. The Morgan fingerprint density at radius 1 is 1.35 bits per heavy atom. The summed E-state index contributed by atoms with van der Waals surface area (Å²) in [7, 11) is 1.89. The largest absolute Gasteiger partial charge is 0.379 e. The second-order valence-corrected chi connectivity index (χ2v) is 6.15. The Hall–Kier alpha value is -0.610. The number of carbonyl (C=O) groups excluding carboxylic acids is 1. The van der Waals surface area contributed by atoms with Crippen molar-refractivity contribution in [3.05, 3.63) is 0 Å². The molecule has 0 aromatic carbocycles. The molecular weight excluding hydrogens is 216 g/mol. The molecule has 2 aliphatic rings. The monoisotopic (exact) mass is 240 g/mol. The fourth-order valence-corrected chi connectivity index (χ4v) is 2.96. The molecule has 0 aromatic heterocycles. The summed E-state index contributed by atoms with van der Waals surface area (Å²) >= 11 is 0. The van der Waals surface area contributed by atoms with Gasteiger partial charge in [-0.15, -0.1) is 0 Å². The zero-order chi connectivity index (χ0) is 12.5. The van der Waals surface area contributed by atoms with Crippen molar-refractivity contribution < 1.29 is 9.53 Å². The number of nitrogens with one attached hydrogen (secondary N) is 2. The molecule has 2 N–H and O–H groups in total. The molecule has 1 saturated carbocycles. The van der Waals surface area contributed by atoms with Gasteiger partial charge < -0.3 is 15.4 Å². The number of carbonyl (C=O) groups is 1. The predicted octanol–water partition coefficient (Wildman–Crippen LogP) is 0.916. The van der Waals surface area contributed by atoms with Crippen molar-refractivity contribution in [3.63, 3.8) is 0 Å². The van der Waals surface area contributed by atoms with Crippen LogP contribution in [0.3, 0.4) is 0 Å². The van der Waals surface area contributed by atoms with E-state index in [-0.39, 0.29) is 17.9 Å². The van der Waals surface area contributed by atoms with Crippen molar-refractivity contribution in [1.29, 1.82) is 0 Å². The fraction of sp³-hybridized carbons (Fsp3) is 0.923. The number of hydrogen-bond donors (Lipinski definition) is 2. The highest BCUT2D eigenvalue weighted by Gasteiger charge is 2.36. The predicted molar refractivity (Wildman–Crippen MR) is 66.7 cm³/mol. The molecule has 2 rings (SSSR count). The standard InChI is InChI=1S/C13H24N2O2/c1-13(2)5-4-9(6-13)15-12(16)10-7-17-8-11(10)14-3/h9-11,14H,4-8H2,1-3H3,(H,15,16). The summed E-state index contributed by atoms with van der Waals surface area (Å²) in [5.74, 6) is 0.133. The normalized spacial score (nSPS) is 36.1. The zero-order valence-electron chi connectivity index (χ0n) is 11.1. The average Bonchev–Trinajstić information content (AvgIpc) is 2.84. The van der Waals surface area contributed by atoms with Gasteiger partial charge in [0.05, 0.1) is 19.1 Å². The Kier molecular flexibility index (Phi) is 3.73. The summed E-state index contributed by atoms with van der Waals surface area (Å²) in [6.45, 7) is 5.74. The number of likely N-dealkylation sites (N-methyl/N-ethyl adjacent to an activating group) is 1. The van der Waals surface area contributed by atoms with Crippen molar-refractivity contribution in [3.8, 4) is 0 Å². The lowest BCUT2D eigenvalue weighted by molar-refractivity contribution is -0.126. The van der Waals surface area contributed by atoms with Gasteiger partial charge in [0.15, 0.2) is 0 Å². The molecule has 1 aliphatic carbocycles. The molecule has 4 heteroatoms. The van der Waals surface area contributed by atoms with E-state index in [4.69, 9.17) is 4.74 Å². The van der Waals surface area contributed by atoms with Gasteiger partial charge in [-0.05, 0) is 31.7 Å².